The largest absolute Gasteiger partial charge is 0.483 e. The molecular weight excluding hydrogens is 424 g/mol. The van der Waals surface area contributed by atoms with Crippen molar-refractivity contribution in [2.75, 3.05) is 26.2 Å². The average molecular weight is 457 g/mol. The number of carbonyl (C=O) groups excluding carboxylic acids is 2. The van der Waals surface area contributed by atoms with E-state index in [2.05, 4.69) is 5.32 Å². The molecule has 0 bridgehead atoms. The molecule has 2 amide bonds. The van der Waals surface area contributed by atoms with Crippen molar-refractivity contribution in [3.8, 4) is 5.75 Å². The van der Waals surface area contributed by atoms with Gasteiger partial charge in [-0.25, -0.2) is 4.79 Å². The Balaban J connectivity index is 1.35. The summed E-state index contributed by atoms with van der Waals surface area (Å²) in [5.41, 5.74) is 1.47. The molecule has 1 saturated heterocycles. The Morgan fingerprint density at radius 2 is 2.00 bits per heavy atom. The number of fused-ring (bicyclic) bond motifs is 2. The second-order valence-electron chi connectivity index (χ2n) is 9.48. The minimum Gasteiger partial charge on any atom is -0.483 e. The average Bonchev–Trinajstić information content (AvgIpc) is 2.78. The first-order valence-corrected chi connectivity index (χ1v) is 11.6. The Bertz CT molecular complexity index is 1140. The Morgan fingerprint density at radius 1 is 1.21 bits per heavy atom. The standard InChI is InChI=1S/C25H32N2O6/c1-15-10-19(23-16(2)17(3)24(30)33-20(23)11-15)32-14-21(28)26-12-22(29)27-9-8-25(31)7-5-4-6-18(25)13-27/h10-11,18,31H,4-9,12-14H2,1-3H3,(H,26,28). The number of nitrogens with one attached hydrogen (secondary N) is 1. The van der Waals surface area contributed by atoms with Crippen molar-refractivity contribution in [1.82, 2.24) is 10.2 Å². The van der Waals surface area contributed by atoms with Crippen molar-refractivity contribution in [3.05, 3.63) is 39.2 Å². The highest BCUT2D eigenvalue weighted by atomic mass is 16.5. The zero-order valence-electron chi connectivity index (χ0n) is 19.5. The summed E-state index contributed by atoms with van der Waals surface area (Å²) in [7, 11) is 0. The summed E-state index contributed by atoms with van der Waals surface area (Å²) in [6.45, 7) is 6.06. The molecule has 0 radical (unpaired) electrons. The van der Waals surface area contributed by atoms with Gasteiger partial charge in [-0.1, -0.05) is 12.8 Å². The van der Waals surface area contributed by atoms with Gasteiger partial charge in [0.15, 0.2) is 6.61 Å². The Morgan fingerprint density at radius 3 is 2.79 bits per heavy atom. The quantitative estimate of drug-likeness (QED) is 0.669. The van der Waals surface area contributed by atoms with Crippen LogP contribution in [0.5, 0.6) is 5.75 Å². The van der Waals surface area contributed by atoms with Crippen LogP contribution in [0, 0.1) is 26.7 Å². The monoisotopic (exact) mass is 456 g/mol. The van der Waals surface area contributed by atoms with Crippen LogP contribution in [0.15, 0.2) is 21.3 Å². The summed E-state index contributed by atoms with van der Waals surface area (Å²) in [4.78, 5) is 38.8. The zero-order valence-corrected chi connectivity index (χ0v) is 19.5. The van der Waals surface area contributed by atoms with E-state index < -0.39 is 17.1 Å². The normalized spacial score (nSPS) is 22.7. The van der Waals surface area contributed by atoms with Gasteiger partial charge in [-0.2, -0.15) is 0 Å². The highest BCUT2D eigenvalue weighted by molar-refractivity contribution is 5.89. The number of aliphatic hydroxyl groups is 1. The van der Waals surface area contributed by atoms with Gasteiger partial charge in [0, 0.05) is 24.6 Å². The number of hydrogen-bond acceptors (Lipinski definition) is 6. The fourth-order valence-corrected chi connectivity index (χ4v) is 5.08. The lowest BCUT2D eigenvalue weighted by Gasteiger charge is -2.47. The molecule has 1 saturated carbocycles. The summed E-state index contributed by atoms with van der Waals surface area (Å²) in [5, 5.41) is 14.1. The first-order chi connectivity index (χ1) is 15.7. The number of aryl methyl sites for hydroxylation is 2. The Kier molecular flexibility index (Phi) is 6.47. The van der Waals surface area contributed by atoms with Crippen molar-refractivity contribution >= 4 is 22.8 Å². The molecule has 178 valence electrons. The molecule has 1 aliphatic heterocycles. The van der Waals surface area contributed by atoms with E-state index in [0.717, 1.165) is 36.8 Å². The number of likely N-dealkylation sites (tertiary alicyclic amines) is 1. The number of ether oxygens (including phenoxy) is 1. The molecule has 33 heavy (non-hydrogen) atoms. The second-order valence-corrected chi connectivity index (χ2v) is 9.48. The van der Waals surface area contributed by atoms with Crippen LogP contribution in [0.4, 0.5) is 0 Å². The molecule has 1 aliphatic carbocycles. The van der Waals surface area contributed by atoms with E-state index in [1.165, 1.54) is 0 Å². The maximum atomic E-state index is 12.6. The third-order valence-corrected chi connectivity index (χ3v) is 7.23. The molecule has 2 fully saturated rings. The van der Waals surface area contributed by atoms with Crippen molar-refractivity contribution in [3.63, 3.8) is 0 Å². The molecule has 4 rings (SSSR count). The molecule has 2 unspecified atom stereocenters. The fourth-order valence-electron chi connectivity index (χ4n) is 5.08. The number of carbonyl (C=O) groups is 2. The maximum Gasteiger partial charge on any atom is 0.339 e. The smallest absolute Gasteiger partial charge is 0.339 e. The van der Waals surface area contributed by atoms with Gasteiger partial charge >= 0.3 is 5.63 Å². The van der Waals surface area contributed by atoms with Crippen LogP contribution in [-0.2, 0) is 9.59 Å². The summed E-state index contributed by atoms with van der Waals surface area (Å²) >= 11 is 0. The molecular formula is C25H32N2O6. The third kappa shape index (κ3) is 4.76. The molecule has 2 N–H and O–H groups in total. The zero-order chi connectivity index (χ0) is 23.8. The second kappa shape index (κ2) is 9.17. The van der Waals surface area contributed by atoms with Crippen molar-refractivity contribution < 1.29 is 23.8 Å². The van der Waals surface area contributed by atoms with Crippen molar-refractivity contribution in [2.45, 2.75) is 58.5 Å². The summed E-state index contributed by atoms with van der Waals surface area (Å²) in [5.74, 6) is 0.0222. The molecule has 1 aromatic heterocycles. The first-order valence-electron chi connectivity index (χ1n) is 11.6. The van der Waals surface area contributed by atoms with Gasteiger partial charge in [0.05, 0.1) is 17.5 Å². The highest BCUT2D eigenvalue weighted by Crippen LogP contribution is 2.39. The lowest BCUT2D eigenvalue weighted by Crippen LogP contribution is -2.56. The van der Waals surface area contributed by atoms with E-state index in [-0.39, 0.29) is 25.0 Å². The van der Waals surface area contributed by atoms with Crippen molar-refractivity contribution in [2.24, 2.45) is 5.92 Å². The van der Waals surface area contributed by atoms with Gasteiger partial charge in [-0.05, 0) is 63.3 Å². The highest BCUT2D eigenvalue weighted by Gasteiger charge is 2.43. The number of amides is 2. The van der Waals surface area contributed by atoms with E-state index in [4.69, 9.17) is 9.15 Å². The van der Waals surface area contributed by atoms with E-state index in [1.54, 1.807) is 24.0 Å². The lowest BCUT2D eigenvalue weighted by atomic mass is 9.71. The van der Waals surface area contributed by atoms with Crippen LogP contribution in [-0.4, -0.2) is 53.7 Å². The predicted octanol–water partition coefficient (Wildman–Crippen LogP) is 2.37. The molecule has 2 heterocycles. The molecule has 8 heteroatoms. The van der Waals surface area contributed by atoms with Crippen LogP contribution in [0.1, 0.15) is 48.8 Å². The first kappa shape index (κ1) is 23.3. The molecule has 1 aromatic carbocycles. The van der Waals surface area contributed by atoms with Gasteiger partial charge in [-0.3, -0.25) is 9.59 Å². The summed E-state index contributed by atoms with van der Waals surface area (Å²) in [6, 6.07) is 3.56. The number of rotatable bonds is 5. The van der Waals surface area contributed by atoms with Crippen LogP contribution >= 0.6 is 0 Å². The maximum absolute atomic E-state index is 12.6. The van der Waals surface area contributed by atoms with E-state index in [0.29, 0.717) is 41.8 Å². The van der Waals surface area contributed by atoms with E-state index in [9.17, 15) is 19.5 Å². The number of benzene rings is 1. The number of nitrogens with zero attached hydrogens (tertiary/aromatic N) is 1. The number of hydrogen-bond donors (Lipinski definition) is 2. The number of piperidine rings is 1. The molecule has 0 spiro atoms. The Hall–Kier alpha value is -2.87. The van der Waals surface area contributed by atoms with Gasteiger partial charge in [0.2, 0.25) is 5.91 Å². The molecule has 2 aromatic rings. The van der Waals surface area contributed by atoms with Crippen LogP contribution < -0.4 is 15.7 Å². The minimum absolute atomic E-state index is 0.102. The van der Waals surface area contributed by atoms with Gasteiger partial charge in [-0.15, -0.1) is 0 Å². The lowest BCUT2D eigenvalue weighted by molar-refractivity contribution is -0.143. The van der Waals surface area contributed by atoms with Crippen LogP contribution in [0.3, 0.4) is 0 Å². The third-order valence-electron chi connectivity index (χ3n) is 7.23. The fraction of sp³-hybridized carbons (Fsp3) is 0.560. The predicted molar refractivity (Wildman–Crippen MR) is 123 cm³/mol. The van der Waals surface area contributed by atoms with Crippen LogP contribution in [0.25, 0.3) is 11.0 Å². The summed E-state index contributed by atoms with van der Waals surface area (Å²) in [6.07, 6.45) is 4.46. The SMILES string of the molecule is Cc1cc(OCC(=O)NCC(=O)N2CCC3(O)CCCCC3C2)c2c(C)c(C)c(=O)oc2c1. The van der Waals surface area contributed by atoms with Gasteiger partial charge < -0.3 is 24.5 Å². The Labute approximate surface area is 192 Å². The van der Waals surface area contributed by atoms with Gasteiger partial charge in [0.25, 0.3) is 5.91 Å². The minimum atomic E-state index is -0.641. The van der Waals surface area contributed by atoms with E-state index in [1.807, 2.05) is 13.8 Å². The van der Waals surface area contributed by atoms with Crippen LogP contribution in [0.2, 0.25) is 0 Å². The summed E-state index contributed by atoms with van der Waals surface area (Å²) < 4.78 is 11.2. The molecule has 2 atom stereocenters. The van der Waals surface area contributed by atoms with E-state index >= 15 is 0 Å². The van der Waals surface area contributed by atoms with Crippen molar-refractivity contribution in [1.29, 1.82) is 0 Å². The topological polar surface area (TPSA) is 109 Å². The molecule has 8 nitrogen and oxygen atoms in total. The molecule has 2 aliphatic rings. The van der Waals surface area contributed by atoms with Gasteiger partial charge in [0.1, 0.15) is 11.3 Å².